The number of ether oxygens (including phenoxy) is 3. The van der Waals surface area contributed by atoms with Crippen LogP contribution in [0.4, 0.5) is 0 Å². The average Bonchev–Trinajstić information content (AvgIpc) is 2.87. The molecule has 1 atom stereocenters. The molecule has 0 radical (unpaired) electrons. The van der Waals surface area contributed by atoms with Gasteiger partial charge in [0, 0.05) is 44.6 Å². The number of carboxylic acids is 1. The summed E-state index contributed by atoms with van der Waals surface area (Å²) in [7, 11) is 1.50. The van der Waals surface area contributed by atoms with Gasteiger partial charge in [-0.25, -0.2) is 4.79 Å². The zero-order chi connectivity index (χ0) is 25.8. The van der Waals surface area contributed by atoms with Crippen LogP contribution in [-0.2, 0) is 17.8 Å². The minimum atomic E-state index is -1.23. The maximum atomic E-state index is 12.1. The summed E-state index contributed by atoms with van der Waals surface area (Å²) in [6.45, 7) is 2.43. The number of rotatable bonds is 7. The van der Waals surface area contributed by atoms with E-state index in [4.69, 9.17) is 36.5 Å². The van der Waals surface area contributed by atoms with Gasteiger partial charge in [0.2, 0.25) is 6.10 Å². The molecule has 2 heterocycles. The second-order valence-corrected chi connectivity index (χ2v) is 8.92. The molecule has 1 fully saturated rings. The number of nitrogens with one attached hydrogen (secondary N) is 2. The predicted octanol–water partition coefficient (Wildman–Crippen LogP) is 1.89. The molecule has 36 heavy (non-hydrogen) atoms. The Kier molecular flexibility index (Phi) is 7.37. The molecule has 11 heteroatoms. The second kappa shape index (κ2) is 10.6. The van der Waals surface area contributed by atoms with Crippen molar-refractivity contribution in [3.63, 3.8) is 0 Å². The van der Waals surface area contributed by atoms with Crippen molar-refractivity contribution < 1.29 is 24.1 Å². The van der Waals surface area contributed by atoms with Crippen LogP contribution in [0.2, 0.25) is 0 Å². The fraction of sp³-hybridized carbons (Fsp3) is 0.400. The monoisotopic (exact) mass is 496 g/mol. The molecule has 7 N–H and O–H groups in total. The van der Waals surface area contributed by atoms with Gasteiger partial charge in [-0.1, -0.05) is 12.1 Å². The van der Waals surface area contributed by atoms with Gasteiger partial charge in [0.05, 0.1) is 7.11 Å². The molecule has 0 amide bonds. The normalized spacial score (nSPS) is 16.6. The molecule has 4 rings (SSSR count). The maximum absolute atomic E-state index is 12.1. The summed E-state index contributed by atoms with van der Waals surface area (Å²) in [5, 5.41) is 25.1. The third kappa shape index (κ3) is 5.56. The number of piperidine rings is 1. The van der Waals surface area contributed by atoms with E-state index in [1.165, 1.54) is 7.11 Å². The van der Waals surface area contributed by atoms with Crippen molar-refractivity contribution in [2.24, 2.45) is 11.5 Å². The minimum Gasteiger partial charge on any atom is -0.493 e. The Labute approximate surface area is 209 Å². The summed E-state index contributed by atoms with van der Waals surface area (Å²) in [5.41, 5.74) is 13.6. The van der Waals surface area contributed by atoms with E-state index in [1.807, 2.05) is 17.0 Å². The summed E-state index contributed by atoms with van der Waals surface area (Å²) in [4.78, 5) is 15.7. The number of aliphatic carboxylic acids is 1. The molecule has 2 aromatic carbocycles. The first kappa shape index (κ1) is 25.0. The molecule has 0 bridgehead atoms. The third-order valence-electron chi connectivity index (χ3n) is 6.58. The van der Waals surface area contributed by atoms with Crippen LogP contribution < -0.4 is 25.7 Å². The third-order valence-corrected chi connectivity index (χ3v) is 6.58. The molecule has 0 saturated carbocycles. The minimum absolute atomic E-state index is 0.0108. The Morgan fingerprint density at radius 3 is 2.22 bits per heavy atom. The summed E-state index contributed by atoms with van der Waals surface area (Å²) < 4.78 is 17.5. The van der Waals surface area contributed by atoms with Crippen LogP contribution in [0.1, 0.15) is 35.6 Å². The number of carboxylic acid groups (broad SMARTS) is 1. The van der Waals surface area contributed by atoms with Crippen molar-refractivity contribution in [1.82, 2.24) is 9.80 Å². The molecular weight excluding hydrogens is 464 g/mol. The van der Waals surface area contributed by atoms with Crippen molar-refractivity contribution in [3.05, 3.63) is 53.1 Å². The van der Waals surface area contributed by atoms with Crippen LogP contribution in [-0.4, -0.2) is 65.6 Å². The highest BCUT2D eigenvalue weighted by Gasteiger charge is 2.27. The Morgan fingerprint density at radius 2 is 1.64 bits per heavy atom. The molecule has 0 spiro atoms. The van der Waals surface area contributed by atoms with Gasteiger partial charge in [-0.3, -0.25) is 10.8 Å². The van der Waals surface area contributed by atoms with E-state index in [0.29, 0.717) is 55.4 Å². The van der Waals surface area contributed by atoms with Crippen LogP contribution in [0.15, 0.2) is 36.4 Å². The Hall–Kier alpha value is -4.15. The van der Waals surface area contributed by atoms with Gasteiger partial charge in [-0.15, -0.1) is 0 Å². The Morgan fingerprint density at radius 1 is 1.00 bits per heavy atom. The first-order valence-corrected chi connectivity index (χ1v) is 11.8. The lowest BCUT2D eigenvalue weighted by Gasteiger charge is -2.32. The average molecular weight is 497 g/mol. The fourth-order valence-corrected chi connectivity index (χ4v) is 4.54. The number of guanidine groups is 2. The number of likely N-dealkylation sites (tertiary alicyclic amines) is 1. The Bertz CT molecular complexity index is 1130. The van der Waals surface area contributed by atoms with E-state index in [0.717, 1.165) is 24.0 Å². The number of hydrogen-bond donors (Lipinski definition) is 5. The van der Waals surface area contributed by atoms with Crippen molar-refractivity contribution in [2.75, 3.05) is 26.7 Å². The van der Waals surface area contributed by atoms with Crippen molar-refractivity contribution in [3.8, 4) is 17.2 Å². The largest absolute Gasteiger partial charge is 0.493 e. The number of methoxy groups -OCH3 is 1. The smallest absolute Gasteiger partial charge is 0.349 e. The van der Waals surface area contributed by atoms with E-state index < -0.39 is 12.1 Å². The van der Waals surface area contributed by atoms with Crippen LogP contribution in [0.25, 0.3) is 0 Å². The van der Waals surface area contributed by atoms with Crippen LogP contribution in [0.5, 0.6) is 17.2 Å². The molecule has 2 aliphatic rings. The summed E-state index contributed by atoms with van der Waals surface area (Å²) >= 11 is 0. The molecule has 1 unspecified atom stereocenters. The van der Waals surface area contributed by atoms with E-state index >= 15 is 0 Å². The van der Waals surface area contributed by atoms with E-state index in [1.54, 1.807) is 29.2 Å². The van der Waals surface area contributed by atoms with Gasteiger partial charge in [0.1, 0.15) is 11.9 Å². The molecule has 0 aromatic heterocycles. The van der Waals surface area contributed by atoms with Gasteiger partial charge >= 0.3 is 5.97 Å². The molecule has 11 nitrogen and oxygen atoms in total. The zero-order valence-electron chi connectivity index (χ0n) is 20.2. The van der Waals surface area contributed by atoms with E-state index in [2.05, 4.69) is 0 Å². The van der Waals surface area contributed by atoms with Crippen molar-refractivity contribution in [2.45, 2.75) is 38.0 Å². The fourth-order valence-electron chi connectivity index (χ4n) is 4.54. The molecule has 2 aliphatic heterocycles. The maximum Gasteiger partial charge on any atom is 0.349 e. The number of nitrogens with zero attached hydrogens (tertiary/aromatic N) is 2. The van der Waals surface area contributed by atoms with E-state index in [9.17, 15) is 9.90 Å². The number of hydrogen-bond acceptors (Lipinski definition) is 6. The quantitative estimate of drug-likeness (QED) is 0.283. The molecule has 192 valence electrons. The van der Waals surface area contributed by atoms with Crippen LogP contribution in [0.3, 0.4) is 0 Å². The lowest BCUT2D eigenvalue weighted by atomic mass is 9.99. The van der Waals surface area contributed by atoms with Crippen molar-refractivity contribution in [1.29, 1.82) is 10.8 Å². The Balaban J connectivity index is 1.46. The highest BCUT2D eigenvalue weighted by Crippen LogP contribution is 2.36. The highest BCUT2D eigenvalue weighted by molar-refractivity contribution is 5.76. The predicted molar refractivity (Wildman–Crippen MR) is 134 cm³/mol. The molecule has 0 aliphatic carbocycles. The summed E-state index contributed by atoms with van der Waals surface area (Å²) in [6.07, 6.45) is 0.943. The number of carbonyl (C=O) groups is 1. The second-order valence-electron chi connectivity index (χ2n) is 8.92. The number of benzene rings is 2. The number of fused-ring (bicyclic) bond motifs is 1. The lowest BCUT2D eigenvalue weighted by molar-refractivity contribution is -0.145. The van der Waals surface area contributed by atoms with Gasteiger partial charge in [-0.05, 0) is 41.8 Å². The van der Waals surface area contributed by atoms with Gasteiger partial charge < -0.3 is 40.6 Å². The molecular formula is C25H32N6O5. The standard InChI is InChI=1S/C25H32N6O5/c1-34-20-13-17-14-31(25(28)29)9-6-16(17)12-21(20)36-22(23(32)33)15-2-4-18(5-3-15)35-19-7-10-30(11-8-19)24(26)27/h2-5,12-13,19,22H,6-11,14H2,1H3,(H3,26,27)(H3,28,29)(H,32,33). The van der Waals surface area contributed by atoms with Gasteiger partial charge in [0.15, 0.2) is 23.4 Å². The van der Waals surface area contributed by atoms with Crippen LogP contribution in [0, 0.1) is 10.8 Å². The van der Waals surface area contributed by atoms with E-state index in [-0.39, 0.29) is 18.0 Å². The number of nitrogens with two attached hydrogens (primary N) is 2. The zero-order valence-corrected chi connectivity index (χ0v) is 20.2. The van der Waals surface area contributed by atoms with Gasteiger partial charge in [0.25, 0.3) is 0 Å². The first-order chi connectivity index (χ1) is 17.2. The summed E-state index contributed by atoms with van der Waals surface area (Å²) in [5.74, 6) is 0.374. The SMILES string of the molecule is COc1cc2c(cc1OC(C(=O)O)c1ccc(OC3CCN(C(=N)N)CC3)cc1)CCN(C(=N)N)C2. The topological polar surface area (TPSA) is 171 Å². The molecule has 1 saturated heterocycles. The summed E-state index contributed by atoms with van der Waals surface area (Å²) in [6, 6.07) is 10.5. The highest BCUT2D eigenvalue weighted by atomic mass is 16.5. The lowest BCUT2D eigenvalue weighted by Crippen LogP contribution is -2.44. The first-order valence-electron chi connectivity index (χ1n) is 11.8. The molecule has 2 aromatic rings. The van der Waals surface area contributed by atoms with Gasteiger partial charge in [-0.2, -0.15) is 0 Å². The van der Waals surface area contributed by atoms with Crippen LogP contribution >= 0.6 is 0 Å². The van der Waals surface area contributed by atoms with Crippen molar-refractivity contribution >= 4 is 17.9 Å².